The molecule has 108 valence electrons. The Kier molecular flexibility index (Phi) is 5.73. The summed E-state index contributed by atoms with van der Waals surface area (Å²) in [5, 5.41) is 0. The molecule has 0 aliphatic rings. The number of rotatable bonds is 4. The van der Waals surface area contributed by atoms with Gasteiger partial charge in [-0.05, 0) is 5.56 Å². The molecule has 0 fully saturated rings. The van der Waals surface area contributed by atoms with Crippen molar-refractivity contribution in [2.45, 2.75) is 12.6 Å². The molecule has 1 heterocycles. The third-order valence-electron chi connectivity index (χ3n) is 3.10. The van der Waals surface area contributed by atoms with Crippen LogP contribution in [-0.2, 0) is 18.4 Å². The second kappa shape index (κ2) is 7.07. The van der Waals surface area contributed by atoms with Gasteiger partial charge in [-0.25, -0.2) is 4.98 Å². The van der Waals surface area contributed by atoms with Crippen molar-refractivity contribution in [3.8, 4) is 0 Å². The number of imidazole rings is 1. The standard InChI is InChI=1S/C14H18N4O.ClH/c1-17-9-8-16-12(17)10-18(2)14(19)13(15)11-6-4-3-5-7-11;/h3-9,13H,10,15H2,1-2H3;1H. The fourth-order valence-corrected chi connectivity index (χ4v) is 1.88. The first kappa shape index (κ1) is 16.2. The summed E-state index contributed by atoms with van der Waals surface area (Å²) in [4.78, 5) is 18.0. The van der Waals surface area contributed by atoms with E-state index < -0.39 is 6.04 Å². The van der Waals surface area contributed by atoms with Crippen LogP contribution in [0, 0.1) is 0 Å². The van der Waals surface area contributed by atoms with Gasteiger partial charge >= 0.3 is 0 Å². The van der Waals surface area contributed by atoms with Gasteiger partial charge in [0.15, 0.2) is 0 Å². The minimum Gasteiger partial charge on any atom is -0.337 e. The molecular weight excluding hydrogens is 276 g/mol. The zero-order valence-corrected chi connectivity index (χ0v) is 12.4. The third-order valence-corrected chi connectivity index (χ3v) is 3.10. The Morgan fingerprint density at radius 1 is 1.40 bits per heavy atom. The lowest BCUT2D eigenvalue weighted by molar-refractivity contribution is -0.132. The van der Waals surface area contributed by atoms with Gasteiger partial charge in [0.2, 0.25) is 5.91 Å². The van der Waals surface area contributed by atoms with Crippen LogP contribution in [0.3, 0.4) is 0 Å². The van der Waals surface area contributed by atoms with Gasteiger partial charge in [-0.15, -0.1) is 12.4 Å². The molecule has 1 aromatic carbocycles. The SMILES string of the molecule is CN(Cc1nccn1C)C(=O)C(N)c1ccccc1.Cl. The van der Waals surface area contributed by atoms with Crippen LogP contribution < -0.4 is 5.73 Å². The molecule has 1 atom stereocenters. The van der Waals surface area contributed by atoms with E-state index in [9.17, 15) is 4.79 Å². The van der Waals surface area contributed by atoms with Crippen LogP contribution >= 0.6 is 12.4 Å². The second-order valence-electron chi connectivity index (χ2n) is 4.54. The van der Waals surface area contributed by atoms with Gasteiger partial charge in [0.25, 0.3) is 0 Å². The number of carbonyl (C=O) groups excluding carboxylic acids is 1. The van der Waals surface area contributed by atoms with E-state index in [4.69, 9.17) is 5.73 Å². The van der Waals surface area contributed by atoms with Gasteiger partial charge in [-0.3, -0.25) is 4.79 Å². The van der Waals surface area contributed by atoms with Crippen molar-refractivity contribution in [3.05, 3.63) is 54.1 Å². The predicted molar refractivity (Wildman–Crippen MR) is 80.3 cm³/mol. The maximum Gasteiger partial charge on any atom is 0.244 e. The summed E-state index contributed by atoms with van der Waals surface area (Å²) in [5.41, 5.74) is 6.81. The highest BCUT2D eigenvalue weighted by Crippen LogP contribution is 2.13. The first-order valence-electron chi connectivity index (χ1n) is 6.11. The van der Waals surface area contributed by atoms with E-state index in [-0.39, 0.29) is 18.3 Å². The van der Waals surface area contributed by atoms with Crippen molar-refractivity contribution in [2.24, 2.45) is 12.8 Å². The van der Waals surface area contributed by atoms with Gasteiger partial charge in [-0.1, -0.05) is 30.3 Å². The number of hydrogen-bond acceptors (Lipinski definition) is 3. The van der Waals surface area contributed by atoms with Gasteiger partial charge in [0.1, 0.15) is 11.9 Å². The molecular formula is C14H19ClN4O. The summed E-state index contributed by atoms with van der Waals surface area (Å²) in [6.45, 7) is 0.447. The molecule has 2 rings (SSSR count). The number of halogens is 1. The Balaban J connectivity index is 0.00000200. The smallest absolute Gasteiger partial charge is 0.244 e. The number of nitrogens with two attached hydrogens (primary N) is 1. The molecule has 0 aliphatic carbocycles. The van der Waals surface area contributed by atoms with Gasteiger partial charge < -0.3 is 15.2 Å². The monoisotopic (exact) mass is 294 g/mol. The van der Waals surface area contributed by atoms with Gasteiger partial charge in [0.05, 0.1) is 6.54 Å². The lowest BCUT2D eigenvalue weighted by atomic mass is 10.1. The molecule has 0 saturated heterocycles. The number of aromatic nitrogens is 2. The summed E-state index contributed by atoms with van der Waals surface area (Å²) in [7, 11) is 3.64. The minimum absolute atomic E-state index is 0. The van der Waals surface area contributed by atoms with Crippen molar-refractivity contribution < 1.29 is 4.79 Å². The normalized spacial score (nSPS) is 11.6. The van der Waals surface area contributed by atoms with Crippen molar-refractivity contribution in [1.82, 2.24) is 14.5 Å². The molecule has 0 aliphatic heterocycles. The molecule has 0 radical (unpaired) electrons. The first-order valence-corrected chi connectivity index (χ1v) is 6.11. The van der Waals surface area contributed by atoms with Crippen molar-refractivity contribution in [2.75, 3.05) is 7.05 Å². The number of amides is 1. The van der Waals surface area contributed by atoms with E-state index >= 15 is 0 Å². The van der Waals surface area contributed by atoms with E-state index in [1.807, 2.05) is 48.1 Å². The van der Waals surface area contributed by atoms with E-state index in [2.05, 4.69) is 4.98 Å². The molecule has 1 amide bonds. The van der Waals surface area contributed by atoms with Crippen LogP contribution in [0.15, 0.2) is 42.7 Å². The Bertz CT molecular complexity index is 555. The van der Waals surface area contributed by atoms with Crippen LogP contribution in [0.1, 0.15) is 17.4 Å². The fourth-order valence-electron chi connectivity index (χ4n) is 1.88. The van der Waals surface area contributed by atoms with Crippen molar-refractivity contribution >= 4 is 18.3 Å². The van der Waals surface area contributed by atoms with Crippen LogP contribution in [0.25, 0.3) is 0 Å². The van der Waals surface area contributed by atoms with Crippen LogP contribution in [0.2, 0.25) is 0 Å². The maximum absolute atomic E-state index is 12.2. The van der Waals surface area contributed by atoms with Crippen LogP contribution in [-0.4, -0.2) is 27.4 Å². The summed E-state index contributed by atoms with van der Waals surface area (Å²) in [6, 6.07) is 8.74. The molecule has 2 aromatic rings. The Morgan fingerprint density at radius 3 is 2.60 bits per heavy atom. The minimum atomic E-state index is -0.633. The van der Waals surface area contributed by atoms with E-state index in [1.165, 1.54) is 0 Å². The lowest BCUT2D eigenvalue weighted by Crippen LogP contribution is -2.36. The number of hydrogen-bond donors (Lipinski definition) is 1. The molecule has 1 aromatic heterocycles. The first-order chi connectivity index (χ1) is 9.09. The molecule has 0 saturated carbocycles. The Labute approximate surface area is 124 Å². The number of carbonyl (C=O) groups is 1. The number of benzene rings is 1. The number of aryl methyl sites for hydroxylation is 1. The third kappa shape index (κ3) is 3.59. The van der Waals surface area contributed by atoms with Crippen LogP contribution in [0.4, 0.5) is 0 Å². The molecule has 2 N–H and O–H groups in total. The highest BCUT2D eigenvalue weighted by atomic mass is 35.5. The topological polar surface area (TPSA) is 64.2 Å². The van der Waals surface area contributed by atoms with Gasteiger partial charge in [-0.2, -0.15) is 0 Å². The van der Waals surface area contributed by atoms with Crippen molar-refractivity contribution in [3.63, 3.8) is 0 Å². The highest BCUT2D eigenvalue weighted by Gasteiger charge is 2.20. The summed E-state index contributed by atoms with van der Waals surface area (Å²) in [5.74, 6) is 0.713. The molecule has 0 bridgehead atoms. The molecule has 6 heteroatoms. The largest absolute Gasteiger partial charge is 0.337 e. The average Bonchev–Trinajstić information content (AvgIpc) is 2.83. The highest BCUT2D eigenvalue weighted by molar-refractivity contribution is 5.85. The second-order valence-corrected chi connectivity index (χ2v) is 4.54. The zero-order chi connectivity index (χ0) is 13.8. The average molecular weight is 295 g/mol. The summed E-state index contributed by atoms with van der Waals surface area (Å²) < 4.78 is 1.89. The van der Waals surface area contributed by atoms with Crippen molar-refractivity contribution in [1.29, 1.82) is 0 Å². The Hall–Kier alpha value is -1.85. The van der Waals surface area contributed by atoms with E-state index in [0.29, 0.717) is 6.54 Å². The molecule has 20 heavy (non-hydrogen) atoms. The maximum atomic E-state index is 12.2. The lowest BCUT2D eigenvalue weighted by Gasteiger charge is -2.21. The fraction of sp³-hybridized carbons (Fsp3) is 0.286. The summed E-state index contributed by atoms with van der Waals surface area (Å²) in [6.07, 6.45) is 3.57. The zero-order valence-electron chi connectivity index (χ0n) is 11.6. The van der Waals surface area contributed by atoms with Gasteiger partial charge in [0, 0.05) is 26.5 Å². The predicted octanol–water partition coefficient (Wildman–Crippen LogP) is 1.50. The molecule has 0 spiro atoms. The quantitative estimate of drug-likeness (QED) is 0.929. The molecule has 1 unspecified atom stereocenters. The van der Waals surface area contributed by atoms with E-state index in [0.717, 1.165) is 11.4 Å². The summed E-state index contributed by atoms with van der Waals surface area (Å²) >= 11 is 0. The number of nitrogens with zero attached hydrogens (tertiary/aromatic N) is 3. The van der Waals surface area contributed by atoms with E-state index in [1.54, 1.807) is 18.1 Å². The number of likely N-dealkylation sites (N-methyl/N-ethyl adjacent to an activating group) is 1. The Morgan fingerprint density at radius 2 is 2.05 bits per heavy atom. The molecule has 5 nitrogen and oxygen atoms in total. The van der Waals surface area contributed by atoms with Crippen LogP contribution in [0.5, 0.6) is 0 Å².